The largest absolute Gasteiger partial charge is 0.340 e. The summed E-state index contributed by atoms with van der Waals surface area (Å²) in [4.78, 5) is 4.11. The predicted molar refractivity (Wildman–Crippen MR) is 58.7 cm³/mol. The fraction of sp³-hybridized carbons (Fsp3) is 0. The zero-order chi connectivity index (χ0) is 10.5. The lowest BCUT2D eigenvalue weighted by molar-refractivity contribution is 1.25. The highest BCUT2D eigenvalue weighted by Gasteiger charge is 1.96. The molecule has 72 valence electrons. The molecule has 0 aliphatic heterocycles. The van der Waals surface area contributed by atoms with Crippen LogP contribution in [0, 0.1) is 11.3 Å². The summed E-state index contributed by atoms with van der Waals surface area (Å²) >= 11 is 0. The van der Waals surface area contributed by atoms with Crippen molar-refractivity contribution in [2.24, 2.45) is 0 Å². The zero-order valence-electron chi connectivity index (χ0n) is 8.01. The average molecular weight is 195 g/mol. The van der Waals surface area contributed by atoms with Crippen molar-refractivity contribution in [3.8, 4) is 6.07 Å². The van der Waals surface area contributed by atoms with Crippen LogP contribution in [-0.2, 0) is 0 Å². The van der Waals surface area contributed by atoms with E-state index in [1.165, 1.54) is 0 Å². The molecule has 3 heteroatoms. The quantitative estimate of drug-likeness (QED) is 0.801. The number of anilines is 2. The molecule has 3 nitrogen and oxygen atoms in total. The molecule has 1 aromatic carbocycles. The van der Waals surface area contributed by atoms with Crippen LogP contribution in [0.1, 0.15) is 5.69 Å². The van der Waals surface area contributed by atoms with Gasteiger partial charge in [0, 0.05) is 5.69 Å². The monoisotopic (exact) mass is 195 g/mol. The Labute approximate surface area is 88.0 Å². The van der Waals surface area contributed by atoms with Crippen LogP contribution in [0.5, 0.6) is 0 Å². The van der Waals surface area contributed by atoms with Gasteiger partial charge in [0.05, 0.1) is 0 Å². The van der Waals surface area contributed by atoms with Crippen LogP contribution < -0.4 is 5.32 Å². The molecule has 0 bridgehead atoms. The second kappa shape index (κ2) is 4.25. The Morgan fingerprint density at radius 2 is 1.80 bits per heavy atom. The summed E-state index contributed by atoms with van der Waals surface area (Å²) in [5, 5.41) is 11.8. The van der Waals surface area contributed by atoms with Gasteiger partial charge in [-0.2, -0.15) is 5.26 Å². The van der Waals surface area contributed by atoms with Gasteiger partial charge in [0.1, 0.15) is 17.6 Å². The third-order valence-electron chi connectivity index (χ3n) is 1.91. The van der Waals surface area contributed by atoms with Crippen molar-refractivity contribution in [2.45, 2.75) is 0 Å². The molecular formula is C12H9N3. The van der Waals surface area contributed by atoms with Gasteiger partial charge in [-0.3, -0.25) is 0 Å². The lowest BCUT2D eigenvalue weighted by atomic mass is 10.3. The average Bonchev–Trinajstić information content (AvgIpc) is 2.31. The normalized spacial score (nSPS) is 9.27. The molecule has 0 spiro atoms. The van der Waals surface area contributed by atoms with Gasteiger partial charge in [0.15, 0.2) is 0 Å². The van der Waals surface area contributed by atoms with Gasteiger partial charge in [-0.15, -0.1) is 0 Å². The number of para-hydroxylation sites is 1. The van der Waals surface area contributed by atoms with Crippen molar-refractivity contribution in [1.82, 2.24) is 4.98 Å². The second-order valence-electron chi connectivity index (χ2n) is 3.01. The Morgan fingerprint density at radius 3 is 2.53 bits per heavy atom. The van der Waals surface area contributed by atoms with Crippen molar-refractivity contribution < 1.29 is 0 Å². The summed E-state index contributed by atoms with van der Waals surface area (Å²) in [6.07, 6.45) is 0. The van der Waals surface area contributed by atoms with Crippen molar-refractivity contribution in [1.29, 1.82) is 5.26 Å². The molecule has 2 aromatic rings. The standard InChI is InChI=1S/C12H9N3/c13-9-11-7-4-8-12(15-11)14-10-5-2-1-3-6-10/h1-8H,(H,14,15). The predicted octanol–water partition coefficient (Wildman–Crippen LogP) is 2.70. The van der Waals surface area contributed by atoms with E-state index in [9.17, 15) is 0 Å². The Bertz CT molecular complexity index is 486. The molecule has 0 amide bonds. The fourth-order valence-electron chi connectivity index (χ4n) is 1.24. The van der Waals surface area contributed by atoms with Crippen molar-refractivity contribution in [3.05, 3.63) is 54.2 Å². The SMILES string of the molecule is N#Cc1cccc(Nc2ccccc2)n1. The molecule has 0 atom stereocenters. The molecule has 1 heterocycles. The van der Waals surface area contributed by atoms with Gasteiger partial charge < -0.3 is 5.32 Å². The van der Waals surface area contributed by atoms with Gasteiger partial charge >= 0.3 is 0 Å². The van der Waals surface area contributed by atoms with Gasteiger partial charge in [-0.05, 0) is 24.3 Å². The Kier molecular flexibility index (Phi) is 2.61. The Hall–Kier alpha value is -2.34. The first-order valence-electron chi connectivity index (χ1n) is 4.58. The third-order valence-corrected chi connectivity index (χ3v) is 1.91. The highest BCUT2D eigenvalue weighted by Crippen LogP contribution is 2.13. The molecule has 0 fully saturated rings. The van der Waals surface area contributed by atoms with E-state index in [0.29, 0.717) is 11.5 Å². The summed E-state index contributed by atoms with van der Waals surface area (Å²) in [5.74, 6) is 0.681. The number of hydrogen-bond acceptors (Lipinski definition) is 3. The van der Waals surface area contributed by atoms with Crippen LogP contribution in [-0.4, -0.2) is 4.98 Å². The first kappa shape index (κ1) is 9.22. The number of hydrogen-bond donors (Lipinski definition) is 1. The van der Waals surface area contributed by atoms with E-state index in [1.807, 2.05) is 42.5 Å². The molecule has 0 aliphatic carbocycles. The molecule has 0 saturated carbocycles. The minimum atomic E-state index is 0.413. The summed E-state index contributed by atoms with van der Waals surface area (Å²) in [6.45, 7) is 0. The van der Waals surface area contributed by atoms with Crippen LogP contribution in [0.3, 0.4) is 0 Å². The van der Waals surface area contributed by atoms with Crippen molar-refractivity contribution >= 4 is 11.5 Å². The maximum Gasteiger partial charge on any atom is 0.142 e. The van der Waals surface area contributed by atoms with Crippen LogP contribution in [0.2, 0.25) is 0 Å². The number of benzene rings is 1. The molecule has 1 aromatic heterocycles. The van der Waals surface area contributed by atoms with Crippen LogP contribution in [0.15, 0.2) is 48.5 Å². The fourth-order valence-corrected chi connectivity index (χ4v) is 1.24. The van der Waals surface area contributed by atoms with Gasteiger partial charge in [-0.1, -0.05) is 24.3 Å². The number of nitrogens with zero attached hydrogens (tertiary/aromatic N) is 2. The smallest absolute Gasteiger partial charge is 0.142 e. The van der Waals surface area contributed by atoms with Crippen LogP contribution in [0.25, 0.3) is 0 Å². The molecule has 1 N–H and O–H groups in total. The Balaban J connectivity index is 2.22. The molecule has 0 saturated heterocycles. The summed E-state index contributed by atoms with van der Waals surface area (Å²) in [5.41, 5.74) is 1.37. The van der Waals surface area contributed by atoms with Crippen LogP contribution >= 0.6 is 0 Å². The second-order valence-corrected chi connectivity index (χ2v) is 3.01. The summed E-state index contributed by atoms with van der Waals surface area (Å²) in [7, 11) is 0. The number of pyridine rings is 1. The number of rotatable bonds is 2. The van der Waals surface area contributed by atoms with E-state index in [4.69, 9.17) is 5.26 Å². The molecule has 0 radical (unpaired) electrons. The molecule has 0 aliphatic rings. The maximum atomic E-state index is 8.69. The van der Waals surface area contributed by atoms with Crippen molar-refractivity contribution in [3.63, 3.8) is 0 Å². The summed E-state index contributed by atoms with van der Waals surface area (Å²) in [6, 6.07) is 17.0. The van der Waals surface area contributed by atoms with Crippen molar-refractivity contribution in [2.75, 3.05) is 5.32 Å². The molecule has 15 heavy (non-hydrogen) atoms. The highest BCUT2D eigenvalue weighted by molar-refractivity contribution is 5.56. The van der Waals surface area contributed by atoms with E-state index in [2.05, 4.69) is 10.3 Å². The minimum Gasteiger partial charge on any atom is -0.340 e. The Morgan fingerprint density at radius 1 is 1.00 bits per heavy atom. The maximum absolute atomic E-state index is 8.69. The van der Waals surface area contributed by atoms with Crippen LogP contribution in [0.4, 0.5) is 11.5 Å². The number of nitriles is 1. The van der Waals surface area contributed by atoms with E-state index < -0.39 is 0 Å². The van der Waals surface area contributed by atoms with E-state index >= 15 is 0 Å². The number of aromatic nitrogens is 1. The van der Waals surface area contributed by atoms with E-state index in [0.717, 1.165) is 5.69 Å². The first-order valence-corrected chi connectivity index (χ1v) is 4.58. The lowest BCUT2D eigenvalue weighted by Gasteiger charge is -2.04. The molecular weight excluding hydrogens is 186 g/mol. The molecule has 2 rings (SSSR count). The third kappa shape index (κ3) is 2.32. The molecule has 0 unspecified atom stereocenters. The summed E-state index contributed by atoms with van der Waals surface area (Å²) < 4.78 is 0. The topological polar surface area (TPSA) is 48.7 Å². The van der Waals surface area contributed by atoms with Gasteiger partial charge in [-0.25, -0.2) is 4.98 Å². The van der Waals surface area contributed by atoms with E-state index in [1.54, 1.807) is 12.1 Å². The first-order chi connectivity index (χ1) is 7.38. The minimum absolute atomic E-state index is 0.413. The number of nitrogens with one attached hydrogen (secondary N) is 1. The lowest BCUT2D eigenvalue weighted by Crippen LogP contribution is -1.94. The van der Waals surface area contributed by atoms with Gasteiger partial charge in [0.25, 0.3) is 0 Å². The highest BCUT2D eigenvalue weighted by atomic mass is 15.0. The zero-order valence-corrected chi connectivity index (χ0v) is 8.01. The van der Waals surface area contributed by atoms with Gasteiger partial charge in [0.2, 0.25) is 0 Å². The van der Waals surface area contributed by atoms with E-state index in [-0.39, 0.29) is 0 Å².